The van der Waals surface area contributed by atoms with Gasteiger partial charge in [-0.05, 0) is 97.1 Å². The Bertz CT molecular complexity index is 2590. The van der Waals surface area contributed by atoms with Crippen LogP contribution in [0.1, 0.15) is 20.7 Å². The van der Waals surface area contributed by atoms with Crippen molar-refractivity contribution in [2.75, 3.05) is 23.6 Å². The van der Waals surface area contributed by atoms with Crippen molar-refractivity contribution in [1.82, 2.24) is 9.97 Å². The average molecular weight is 1010 g/mol. The number of rotatable bonds is 7. The van der Waals surface area contributed by atoms with Gasteiger partial charge in [0.1, 0.15) is 0 Å². The van der Waals surface area contributed by atoms with Crippen molar-refractivity contribution >= 4 is 113 Å². The number of nitrogens with one attached hydrogen (secondary N) is 1. The molecule has 0 fully saturated rings. The molecule has 0 aliphatic rings. The van der Waals surface area contributed by atoms with Crippen molar-refractivity contribution in [2.45, 2.75) is 9.79 Å². The summed E-state index contributed by atoms with van der Waals surface area (Å²) in [5.41, 5.74) is 9.98. The first-order valence-electron chi connectivity index (χ1n) is 15.6. The van der Waals surface area contributed by atoms with E-state index in [0.717, 1.165) is 29.8 Å². The highest BCUT2D eigenvalue weighted by Crippen LogP contribution is 2.31. The second kappa shape index (κ2) is 21.4. The predicted molar refractivity (Wildman–Crippen MR) is 236 cm³/mol. The lowest BCUT2D eigenvalue weighted by Gasteiger charge is -2.10. The molecule has 1 amide bonds. The molecule has 2 heterocycles. The lowest BCUT2D eigenvalue weighted by atomic mass is 10.1. The topological polar surface area (TPSA) is 186 Å². The number of sulfone groups is 2. The van der Waals surface area contributed by atoms with Gasteiger partial charge in [0.2, 0.25) is 0 Å². The minimum absolute atomic E-state index is 0. The summed E-state index contributed by atoms with van der Waals surface area (Å²) < 4.78 is 45.3. The van der Waals surface area contributed by atoms with E-state index in [0.29, 0.717) is 32.7 Å². The standard InChI is InChI=1S/C19H14Cl2N2O3S.C11H9ClN2.C8H7ClO4S.FH.HI/c1-27(25,26)13-6-7-14(17(21)11-13)19(24)23-12-5-8-16(20)15(10-12)18-4-2-3-9-22-18;12-10-5-4-8(13)7-9(10)11-3-1-2-6-14-11;1-14(12,13)5-2-3-6(8(10)11)7(9)4-5;;/h2-11H,1H3,(H,23,24);1-7H,13H2;2-4H,1H3,(H,10,11);2*1H. The number of hydrogen-bond donors (Lipinski definition) is 3. The minimum Gasteiger partial charge on any atom is -0.478 e. The van der Waals surface area contributed by atoms with Crippen LogP contribution in [0, 0.1) is 0 Å². The lowest BCUT2D eigenvalue weighted by molar-refractivity contribution is 0.0696. The summed E-state index contributed by atoms with van der Waals surface area (Å²) in [6.07, 6.45) is 5.49. The number of aromatic carboxylic acids is 1. The Labute approximate surface area is 365 Å². The van der Waals surface area contributed by atoms with Gasteiger partial charge in [0.05, 0.1) is 52.4 Å². The normalized spacial score (nSPS) is 10.6. The molecule has 6 rings (SSSR count). The number of nitrogens with zero attached hydrogens (tertiary/aromatic N) is 2. The molecular weight excluding hydrogens is 976 g/mol. The highest BCUT2D eigenvalue weighted by molar-refractivity contribution is 14.0. The van der Waals surface area contributed by atoms with Crippen LogP contribution in [0.25, 0.3) is 22.5 Å². The fraction of sp³-hybridized carbons (Fsp3) is 0.0526. The highest BCUT2D eigenvalue weighted by Gasteiger charge is 2.16. The Morgan fingerprint density at radius 1 is 0.614 bits per heavy atom. The maximum Gasteiger partial charge on any atom is 0.337 e. The van der Waals surface area contributed by atoms with Crippen LogP contribution in [0.4, 0.5) is 16.1 Å². The third-order valence-corrected chi connectivity index (χ3v) is 10.8. The van der Waals surface area contributed by atoms with E-state index in [1.54, 1.807) is 48.8 Å². The highest BCUT2D eigenvalue weighted by atomic mass is 127. The smallest absolute Gasteiger partial charge is 0.337 e. The van der Waals surface area contributed by atoms with E-state index < -0.39 is 31.6 Å². The number of aromatic nitrogens is 2. The SMILES string of the molecule is CS(=O)(=O)c1ccc(C(=O)Nc2ccc(Cl)c(-c3ccccn3)c2)c(Cl)c1.CS(=O)(=O)c1ccc(C(=O)O)c(Cl)c1.F.I.Nc1ccc(Cl)c(-c2ccccn2)c1. The molecular formula is C38H32Cl4FIN4O7S2. The van der Waals surface area contributed by atoms with Crippen molar-refractivity contribution in [3.63, 3.8) is 0 Å². The van der Waals surface area contributed by atoms with Crippen LogP contribution in [0.15, 0.2) is 131 Å². The number of carboxylic acid groups (broad SMARTS) is 1. The zero-order chi connectivity index (χ0) is 40.5. The summed E-state index contributed by atoms with van der Waals surface area (Å²) in [6.45, 7) is 0. The van der Waals surface area contributed by atoms with E-state index in [9.17, 15) is 26.4 Å². The first-order chi connectivity index (χ1) is 25.8. The summed E-state index contributed by atoms with van der Waals surface area (Å²) >= 11 is 24.0. The van der Waals surface area contributed by atoms with Gasteiger partial charge in [-0.1, -0.05) is 58.5 Å². The van der Waals surface area contributed by atoms with Gasteiger partial charge in [-0.3, -0.25) is 19.5 Å². The Kier molecular flexibility index (Phi) is 18.3. The summed E-state index contributed by atoms with van der Waals surface area (Å²) in [5.74, 6) is -1.65. The fourth-order valence-electron chi connectivity index (χ4n) is 4.59. The monoisotopic (exact) mass is 1010 g/mol. The molecule has 0 saturated heterocycles. The van der Waals surface area contributed by atoms with E-state index in [2.05, 4.69) is 15.3 Å². The molecule has 19 heteroatoms. The van der Waals surface area contributed by atoms with Crippen LogP contribution >= 0.6 is 70.4 Å². The quantitative estimate of drug-likeness (QED) is 0.103. The number of anilines is 2. The predicted octanol–water partition coefficient (Wildman–Crippen LogP) is 9.91. The molecule has 4 N–H and O–H groups in total. The van der Waals surface area contributed by atoms with Crippen LogP contribution in [0.3, 0.4) is 0 Å². The van der Waals surface area contributed by atoms with Crippen molar-refractivity contribution in [3.05, 3.63) is 153 Å². The molecule has 0 aliphatic heterocycles. The number of pyridine rings is 2. The first-order valence-corrected chi connectivity index (χ1v) is 20.9. The second-order valence-corrected chi connectivity index (χ2v) is 17.1. The van der Waals surface area contributed by atoms with Gasteiger partial charge in [-0.15, -0.1) is 24.0 Å². The summed E-state index contributed by atoms with van der Waals surface area (Å²) in [5, 5.41) is 12.5. The third kappa shape index (κ3) is 13.9. The molecule has 0 bridgehead atoms. The van der Waals surface area contributed by atoms with Crippen molar-refractivity contribution < 1.29 is 36.2 Å². The molecule has 6 aromatic rings. The van der Waals surface area contributed by atoms with E-state index in [4.69, 9.17) is 57.2 Å². The van der Waals surface area contributed by atoms with Crippen molar-refractivity contribution in [2.24, 2.45) is 0 Å². The Hall–Kier alpha value is -4.36. The molecule has 0 unspecified atom stereocenters. The summed E-state index contributed by atoms with van der Waals surface area (Å²) in [6, 6.07) is 29.0. The second-order valence-electron chi connectivity index (χ2n) is 11.5. The van der Waals surface area contributed by atoms with Crippen LogP contribution in [-0.2, 0) is 19.7 Å². The number of nitrogens with two attached hydrogens (primary N) is 1. The molecule has 11 nitrogen and oxygen atoms in total. The number of benzene rings is 4. The van der Waals surface area contributed by atoms with E-state index in [1.165, 1.54) is 30.3 Å². The Balaban J connectivity index is 0.000000317. The third-order valence-electron chi connectivity index (χ3n) is 7.31. The van der Waals surface area contributed by atoms with Gasteiger partial charge in [0.15, 0.2) is 19.7 Å². The molecule has 0 saturated carbocycles. The Morgan fingerprint density at radius 2 is 1.07 bits per heavy atom. The zero-order valence-electron chi connectivity index (χ0n) is 29.6. The zero-order valence-corrected chi connectivity index (χ0v) is 36.5. The number of halogens is 6. The van der Waals surface area contributed by atoms with Crippen LogP contribution in [0.5, 0.6) is 0 Å². The number of carbonyl (C=O) groups excluding carboxylic acids is 1. The maximum absolute atomic E-state index is 12.5. The summed E-state index contributed by atoms with van der Waals surface area (Å²) in [7, 11) is -6.75. The molecule has 0 spiro atoms. The van der Waals surface area contributed by atoms with Crippen molar-refractivity contribution in [1.29, 1.82) is 0 Å². The molecule has 0 aliphatic carbocycles. The van der Waals surface area contributed by atoms with Crippen molar-refractivity contribution in [3.8, 4) is 22.5 Å². The minimum atomic E-state index is -3.41. The van der Waals surface area contributed by atoms with E-state index in [1.807, 2.05) is 36.4 Å². The van der Waals surface area contributed by atoms with Gasteiger partial charge < -0.3 is 16.2 Å². The van der Waals surface area contributed by atoms with Gasteiger partial charge >= 0.3 is 5.97 Å². The largest absolute Gasteiger partial charge is 0.478 e. The molecule has 4 aromatic carbocycles. The molecule has 300 valence electrons. The van der Waals surface area contributed by atoms with Gasteiger partial charge in [0, 0.05) is 47.4 Å². The number of amides is 1. The molecule has 0 atom stereocenters. The summed E-state index contributed by atoms with van der Waals surface area (Å²) in [4.78, 5) is 31.6. The van der Waals surface area contributed by atoms with E-state index in [-0.39, 0.29) is 59.6 Å². The maximum atomic E-state index is 12.5. The molecule has 2 aromatic heterocycles. The first kappa shape index (κ1) is 48.8. The van der Waals surface area contributed by atoms with Gasteiger partial charge in [-0.25, -0.2) is 21.6 Å². The van der Waals surface area contributed by atoms with Crippen LogP contribution < -0.4 is 11.1 Å². The fourth-order valence-corrected chi connectivity index (χ4v) is 6.97. The average Bonchev–Trinajstić information content (AvgIpc) is 3.13. The lowest BCUT2D eigenvalue weighted by Crippen LogP contribution is -2.13. The van der Waals surface area contributed by atoms with E-state index >= 15 is 0 Å². The molecule has 57 heavy (non-hydrogen) atoms. The molecule has 0 radical (unpaired) electrons. The Morgan fingerprint density at radius 3 is 1.49 bits per heavy atom. The number of nitrogen functional groups attached to an aromatic ring is 1. The number of carbonyl (C=O) groups is 2. The number of carboxylic acids is 1. The van der Waals surface area contributed by atoms with Crippen LogP contribution in [-0.4, -0.2) is 56.3 Å². The van der Waals surface area contributed by atoms with Crippen LogP contribution in [0.2, 0.25) is 20.1 Å². The van der Waals surface area contributed by atoms with Gasteiger partial charge in [-0.2, -0.15) is 0 Å². The number of hydrogen-bond acceptors (Lipinski definition) is 9. The van der Waals surface area contributed by atoms with Gasteiger partial charge in [0.25, 0.3) is 5.91 Å².